The molecule has 56 heavy (non-hydrogen) atoms. The summed E-state index contributed by atoms with van der Waals surface area (Å²) in [6, 6.07) is 70.2. The zero-order valence-corrected chi connectivity index (χ0v) is 30.3. The molecule has 0 fully saturated rings. The predicted octanol–water partition coefficient (Wildman–Crippen LogP) is 13.8. The summed E-state index contributed by atoms with van der Waals surface area (Å²) >= 11 is 0. The highest BCUT2D eigenvalue weighted by atomic mass is 16.3. The fourth-order valence-corrected chi connectivity index (χ4v) is 8.11. The highest BCUT2D eigenvalue weighted by molar-refractivity contribution is 6.14. The summed E-state index contributed by atoms with van der Waals surface area (Å²) in [6.45, 7) is 0. The molecule has 0 atom stereocenters. The van der Waals surface area contributed by atoms with Gasteiger partial charge in [0.15, 0.2) is 5.82 Å². The molecule has 4 nitrogen and oxygen atoms in total. The van der Waals surface area contributed by atoms with Gasteiger partial charge in [0.1, 0.15) is 11.2 Å². The average molecular weight is 716 g/mol. The molecule has 4 heteroatoms. The molecule has 0 aliphatic heterocycles. The second-order valence-corrected chi connectivity index (χ2v) is 14.2. The third kappa shape index (κ3) is 5.39. The molecule has 3 aromatic heterocycles. The second-order valence-electron chi connectivity index (χ2n) is 14.2. The van der Waals surface area contributed by atoms with Crippen LogP contribution in [0.3, 0.4) is 0 Å². The van der Waals surface area contributed by atoms with E-state index in [2.05, 4.69) is 168 Å². The number of hydrogen-bond donors (Lipinski definition) is 0. The minimum absolute atomic E-state index is 0.656. The topological polar surface area (TPSA) is 43.9 Å². The molecule has 0 saturated heterocycles. The Morgan fingerprint density at radius 1 is 0.357 bits per heavy atom. The summed E-state index contributed by atoms with van der Waals surface area (Å²) in [5.74, 6) is 0.656. The van der Waals surface area contributed by atoms with Crippen LogP contribution in [0.1, 0.15) is 0 Å². The zero-order valence-electron chi connectivity index (χ0n) is 30.3. The molecule has 0 radical (unpaired) electrons. The quantitative estimate of drug-likeness (QED) is 0.172. The van der Waals surface area contributed by atoms with E-state index in [1.807, 2.05) is 36.4 Å². The van der Waals surface area contributed by atoms with E-state index in [4.69, 9.17) is 14.4 Å². The first-order valence-electron chi connectivity index (χ1n) is 18.9. The lowest BCUT2D eigenvalue weighted by Gasteiger charge is -2.09. The maximum Gasteiger partial charge on any atom is 0.160 e. The number of para-hydroxylation sites is 2. The summed E-state index contributed by atoms with van der Waals surface area (Å²) in [7, 11) is 0. The largest absolute Gasteiger partial charge is 0.455 e. The van der Waals surface area contributed by atoms with Crippen LogP contribution >= 0.6 is 0 Å². The van der Waals surface area contributed by atoms with Gasteiger partial charge in [0.05, 0.1) is 22.4 Å². The molecule has 0 amide bonds. The lowest BCUT2D eigenvalue weighted by molar-refractivity contribution is 0.670. The Morgan fingerprint density at radius 3 is 1.66 bits per heavy atom. The molecule has 11 aromatic rings. The van der Waals surface area contributed by atoms with E-state index in [0.717, 1.165) is 72.3 Å². The number of benzene rings is 8. The van der Waals surface area contributed by atoms with E-state index in [0.29, 0.717) is 5.82 Å². The third-order valence-corrected chi connectivity index (χ3v) is 10.8. The van der Waals surface area contributed by atoms with Gasteiger partial charge in [-0.25, -0.2) is 9.97 Å². The first-order valence-corrected chi connectivity index (χ1v) is 18.9. The molecule has 0 bridgehead atoms. The number of furan rings is 1. The highest BCUT2D eigenvalue weighted by Gasteiger charge is 2.18. The van der Waals surface area contributed by atoms with Gasteiger partial charge in [-0.15, -0.1) is 0 Å². The van der Waals surface area contributed by atoms with Crippen molar-refractivity contribution in [3.8, 4) is 61.8 Å². The average Bonchev–Trinajstić information content (AvgIpc) is 3.82. The summed E-state index contributed by atoms with van der Waals surface area (Å²) in [5.41, 5.74) is 14.4. The first-order chi connectivity index (χ1) is 27.7. The number of hydrogen-bond acceptors (Lipinski definition) is 3. The van der Waals surface area contributed by atoms with Crippen LogP contribution in [0.4, 0.5) is 0 Å². The first kappa shape index (κ1) is 31.9. The molecule has 11 rings (SSSR count). The standard InChI is InChI=1S/C52H33N3O/c1-5-14-34(15-6-1)37-24-27-42-45-30-38(26-29-48(45)55(49(42)31-37)40-20-11-4-12-21-40)41-22-13-23-44-43-28-25-39(32-50(43)56-51(41)44)52-53-46(35-16-7-2-8-17-35)33-47(54-52)36-18-9-3-10-19-36/h1-33H. The van der Waals surface area contributed by atoms with Crippen molar-refractivity contribution < 1.29 is 4.42 Å². The minimum atomic E-state index is 0.656. The van der Waals surface area contributed by atoms with E-state index in [1.54, 1.807) is 0 Å². The van der Waals surface area contributed by atoms with E-state index in [-0.39, 0.29) is 0 Å². The molecule has 0 spiro atoms. The smallest absolute Gasteiger partial charge is 0.160 e. The van der Waals surface area contributed by atoms with Crippen molar-refractivity contribution in [1.29, 1.82) is 0 Å². The Bertz CT molecular complexity index is 3160. The van der Waals surface area contributed by atoms with E-state index in [9.17, 15) is 0 Å². The van der Waals surface area contributed by atoms with Crippen LogP contribution < -0.4 is 0 Å². The van der Waals surface area contributed by atoms with Gasteiger partial charge in [-0.05, 0) is 65.2 Å². The van der Waals surface area contributed by atoms with E-state index < -0.39 is 0 Å². The number of rotatable bonds is 6. The molecule has 3 heterocycles. The van der Waals surface area contributed by atoms with Crippen LogP contribution in [0.2, 0.25) is 0 Å². The summed E-state index contributed by atoms with van der Waals surface area (Å²) in [5, 5.41) is 4.54. The molecule has 8 aromatic carbocycles. The maximum atomic E-state index is 6.81. The Hall–Kier alpha value is -7.56. The predicted molar refractivity (Wildman–Crippen MR) is 231 cm³/mol. The van der Waals surface area contributed by atoms with Gasteiger partial charge in [0.25, 0.3) is 0 Å². The maximum absolute atomic E-state index is 6.81. The van der Waals surface area contributed by atoms with Crippen molar-refractivity contribution >= 4 is 43.7 Å². The normalized spacial score (nSPS) is 11.6. The van der Waals surface area contributed by atoms with Crippen LogP contribution in [-0.2, 0) is 0 Å². The number of nitrogens with zero attached hydrogens (tertiary/aromatic N) is 3. The Morgan fingerprint density at radius 2 is 0.964 bits per heavy atom. The fourth-order valence-electron chi connectivity index (χ4n) is 8.11. The van der Waals surface area contributed by atoms with Gasteiger partial charge >= 0.3 is 0 Å². The zero-order chi connectivity index (χ0) is 37.0. The van der Waals surface area contributed by atoms with Crippen LogP contribution in [0.15, 0.2) is 205 Å². The highest BCUT2D eigenvalue weighted by Crippen LogP contribution is 2.41. The molecule has 0 N–H and O–H groups in total. The van der Waals surface area contributed by atoms with Gasteiger partial charge in [-0.2, -0.15) is 0 Å². The lowest BCUT2D eigenvalue weighted by Crippen LogP contribution is -1.95. The van der Waals surface area contributed by atoms with Crippen molar-refractivity contribution in [1.82, 2.24) is 14.5 Å². The van der Waals surface area contributed by atoms with Crippen molar-refractivity contribution in [3.63, 3.8) is 0 Å². The van der Waals surface area contributed by atoms with Gasteiger partial charge in [0, 0.05) is 49.5 Å². The monoisotopic (exact) mass is 715 g/mol. The number of aromatic nitrogens is 3. The number of fused-ring (bicyclic) bond motifs is 6. The van der Waals surface area contributed by atoms with Gasteiger partial charge in [0.2, 0.25) is 0 Å². The molecular weight excluding hydrogens is 683 g/mol. The fraction of sp³-hybridized carbons (Fsp3) is 0. The van der Waals surface area contributed by atoms with Gasteiger partial charge < -0.3 is 8.98 Å². The Labute approximate surface area is 323 Å². The Balaban J connectivity index is 1.06. The van der Waals surface area contributed by atoms with Gasteiger partial charge in [-0.3, -0.25) is 0 Å². The van der Waals surface area contributed by atoms with Crippen LogP contribution in [0.25, 0.3) is 106 Å². The molecule has 0 saturated carbocycles. The molecule has 0 aliphatic rings. The summed E-state index contributed by atoms with van der Waals surface area (Å²) in [4.78, 5) is 10.1. The molecule has 262 valence electrons. The molecule has 0 unspecified atom stereocenters. The van der Waals surface area contributed by atoms with Crippen molar-refractivity contribution in [2.24, 2.45) is 0 Å². The summed E-state index contributed by atoms with van der Waals surface area (Å²) in [6.07, 6.45) is 0. The summed E-state index contributed by atoms with van der Waals surface area (Å²) < 4.78 is 9.19. The SMILES string of the molecule is c1ccc(-c2ccc3c4cc(-c5cccc6c5oc5cc(-c7nc(-c8ccccc8)cc(-c8ccccc8)n7)ccc56)ccc4n(-c4ccccc4)c3c2)cc1. The minimum Gasteiger partial charge on any atom is -0.455 e. The Kier molecular flexibility index (Phi) is 7.46. The van der Waals surface area contributed by atoms with Gasteiger partial charge in [-0.1, -0.05) is 152 Å². The van der Waals surface area contributed by atoms with E-state index >= 15 is 0 Å². The van der Waals surface area contributed by atoms with Crippen molar-refractivity contribution in [3.05, 3.63) is 200 Å². The van der Waals surface area contributed by atoms with E-state index in [1.165, 1.54) is 27.4 Å². The van der Waals surface area contributed by atoms with Crippen LogP contribution in [-0.4, -0.2) is 14.5 Å². The van der Waals surface area contributed by atoms with Crippen LogP contribution in [0.5, 0.6) is 0 Å². The van der Waals surface area contributed by atoms with Crippen LogP contribution in [0, 0.1) is 0 Å². The second kappa shape index (κ2) is 13.1. The third-order valence-electron chi connectivity index (χ3n) is 10.8. The molecule has 0 aliphatic carbocycles. The van der Waals surface area contributed by atoms with Crippen molar-refractivity contribution in [2.75, 3.05) is 0 Å². The molecular formula is C52H33N3O. The van der Waals surface area contributed by atoms with Crippen molar-refractivity contribution in [2.45, 2.75) is 0 Å². The lowest BCUT2D eigenvalue weighted by atomic mass is 9.99.